The highest BCUT2D eigenvalue weighted by Gasteiger charge is 2.10. The molecule has 2 amide bonds. The van der Waals surface area contributed by atoms with Crippen LogP contribution in [0.25, 0.3) is 0 Å². The summed E-state index contributed by atoms with van der Waals surface area (Å²) in [5, 5.41) is 13.8. The average Bonchev–Trinajstić information content (AvgIpc) is 2.92. The van der Waals surface area contributed by atoms with Gasteiger partial charge in [0, 0.05) is 5.56 Å². The summed E-state index contributed by atoms with van der Waals surface area (Å²) in [4.78, 5) is 23.4. The number of benzene rings is 1. The minimum Gasteiger partial charge on any atom is -0.343 e. The summed E-state index contributed by atoms with van der Waals surface area (Å²) < 4.78 is 13.0. The fraction of sp³-hybridized carbons (Fsp3) is 0.231. The number of nitrogens with one attached hydrogen (secondary N) is 2. The first-order chi connectivity index (χ1) is 10.1. The van der Waals surface area contributed by atoms with Crippen LogP contribution in [-0.2, 0) is 11.2 Å². The second-order valence-corrected chi connectivity index (χ2v) is 5.16. The van der Waals surface area contributed by atoms with Gasteiger partial charge in [-0.3, -0.25) is 14.9 Å². The molecular weight excluding hydrogens is 295 g/mol. The Morgan fingerprint density at radius 1 is 1.33 bits per heavy atom. The van der Waals surface area contributed by atoms with Crippen molar-refractivity contribution in [3.05, 3.63) is 40.7 Å². The Morgan fingerprint density at radius 3 is 2.81 bits per heavy atom. The number of amides is 2. The van der Waals surface area contributed by atoms with Crippen LogP contribution < -0.4 is 10.6 Å². The van der Waals surface area contributed by atoms with Crippen LogP contribution in [0.3, 0.4) is 0 Å². The minimum atomic E-state index is -0.517. The van der Waals surface area contributed by atoms with Gasteiger partial charge in [0.05, 0.1) is 6.54 Å². The van der Waals surface area contributed by atoms with Gasteiger partial charge in [0.1, 0.15) is 10.8 Å². The molecule has 0 aliphatic carbocycles. The van der Waals surface area contributed by atoms with Gasteiger partial charge in [-0.1, -0.05) is 24.3 Å². The number of rotatable bonds is 5. The predicted octanol–water partition coefficient (Wildman–Crippen LogP) is 1.61. The molecule has 8 heteroatoms. The molecule has 110 valence electrons. The van der Waals surface area contributed by atoms with Gasteiger partial charge >= 0.3 is 0 Å². The van der Waals surface area contributed by atoms with Crippen molar-refractivity contribution in [3.8, 4) is 0 Å². The van der Waals surface area contributed by atoms with Gasteiger partial charge < -0.3 is 5.32 Å². The summed E-state index contributed by atoms with van der Waals surface area (Å²) in [7, 11) is 0. The van der Waals surface area contributed by atoms with E-state index in [4.69, 9.17) is 0 Å². The van der Waals surface area contributed by atoms with E-state index < -0.39 is 17.6 Å². The molecule has 2 rings (SSSR count). The fourth-order valence-electron chi connectivity index (χ4n) is 1.50. The van der Waals surface area contributed by atoms with E-state index in [0.717, 1.165) is 17.5 Å². The van der Waals surface area contributed by atoms with E-state index in [1.165, 1.54) is 29.5 Å². The highest BCUT2D eigenvalue weighted by molar-refractivity contribution is 7.15. The molecule has 0 unspecified atom stereocenters. The maximum absolute atomic E-state index is 13.0. The standard InChI is InChI=1S/C13H13FN4O2S/c1-2-11-17-18-13(21-11)16-10(19)7-15-12(20)8-4-3-5-9(14)6-8/h3-6H,2,7H2,1H3,(H,15,20)(H,16,18,19). The summed E-state index contributed by atoms with van der Waals surface area (Å²) in [5.74, 6) is -1.44. The third kappa shape index (κ3) is 4.32. The Kier molecular flexibility index (Phi) is 4.94. The van der Waals surface area contributed by atoms with Crippen molar-refractivity contribution in [1.82, 2.24) is 15.5 Å². The number of carbonyl (C=O) groups excluding carboxylic acids is 2. The van der Waals surface area contributed by atoms with Gasteiger partial charge in [-0.15, -0.1) is 10.2 Å². The molecule has 0 saturated heterocycles. The second kappa shape index (κ2) is 6.89. The van der Waals surface area contributed by atoms with Gasteiger partial charge in [0.2, 0.25) is 11.0 Å². The van der Waals surface area contributed by atoms with Crippen molar-refractivity contribution in [3.63, 3.8) is 0 Å². The van der Waals surface area contributed by atoms with E-state index in [0.29, 0.717) is 5.13 Å². The molecule has 0 radical (unpaired) electrons. The number of anilines is 1. The van der Waals surface area contributed by atoms with Crippen molar-refractivity contribution in [2.45, 2.75) is 13.3 Å². The molecule has 1 aromatic heterocycles. The lowest BCUT2D eigenvalue weighted by molar-refractivity contribution is -0.115. The van der Waals surface area contributed by atoms with Crippen LogP contribution in [0, 0.1) is 5.82 Å². The van der Waals surface area contributed by atoms with Crippen LogP contribution in [0.5, 0.6) is 0 Å². The second-order valence-electron chi connectivity index (χ2n) is 4.10. The van der Waals surface area contributed by atoms with Crippen LogP contribution in [0.4, 0.5) is 9.52 Å². The lowest BCUT2D eigenvalue weighted by Gasteiger charge is -2.04. The zero-order chi connectivity index (χ0) is 15.2. The number of aromatic nitrogens is 2. The number of nitrogens with zero attached hydrogens (tertiary/aromatic N) is 2. The van der Waals surface area contributed by atoms with E-state index in [9.17, 15) is 14.0 Å². The van der Waals surface area contributed by atoms with E-state index in [-0.39, 0.29) is 12.1 Å². The summed E-state index contributed by atoms with van der Waals surface area (Å²) in [6.07, 6.45) is 0.740. The van der Waals surface area contributed by atoms with Crippen molar-refractivity contribution in [1.29, 1.82) is 0 Å². The molecule has 1 heterocycles. The van der Waals surface area contributed by atoms with Crippen molar-refractivity contribution >= 4 is 28.3 Å². The van der Waals surface area contributed by atoms with E-state index in [1.54, 1.807) is 0 Å². The third-order valence-corrected chi connectivity index (χ3v) is 3.49. The maximum Gasteiger partial charge on any atom is 0.251 e. The van der Waals surface area contributed by atoms with Crippen LogP contribution in [0.2, 0.25) is 0 Å². The molecule has 2 aromatic rings. The molecule has 0 bridgehead atoms. The molecule has 6 nitrogen and oxygen atoms in total. The molecule has 2 N–H and O–H groups in total. The first-order valence-electron chi connectivity index (χ1n) is 6.24. The number of carbonyl (C=O) groups is 2. The van der Waals surface area contributed by atoms with Crippen molar-refractivity contribution in [2.75, 3.05) is 11.9 Å². The van der Waals surface area contributed by atoms with Crippen molar-refractivity contribution < 1.29 is 14.0 Å². The Hall–Kier alpha value is -2.35. The predicted molar refractivity (Wildman–Crippen MR) is 76.6 cm³/mol. The molecule has 0 spiro atoms. The number of halogens is 1. The van der Waals surface area contributed by atoms with Crippen LogP contribution >= 0.6 is 11.3 Å². The zero-order valence-corrected chi connectivity index (χ0v) is 12.0. The molecule has 0 aliphatic heterocycles. The minimum absolute atomic E-state index is 0.159. The Morgan fingerprint density at radius 2 is 2.14 bits per heavy atom. The quantitative estimate of drug-likeness (QED) is 0.879. The summed E-state index contributed by atoms with van der Waals surface area (Å²) in [6.45, 7) is 1.71. The lowest BCUT2D eigenvalue weighted by atomic mass is 10.2. The van der Waals surface area contributed by atoms with E-state index >= 15 is 0 Å². The molecule has 0 fully saturated rings. The summed E-state index contributed by atoms with van der Waals surface area (Å²) >= 11 is 1.28. The molecule has 0 aliphatic rings. The number of aryl methyl sites for hydroxylation is 1. The zero-order valence-electron chi connectivity index (χ0n) is 11.2. The summed E-state index contributed by atoms with van der Waals surface area (Å²) in [5.41, 5.74) is 0.159. The van der Waals surface area contributed by atoms with Gasteiger partial charge in [0.15, 0.2) is 0 Å². The van der Waals surface area contributed by atoms with Gasteiger partial charge in [-0.25, -0.2) is 4.39 Å². The van der Waals surface area contributed by atoms with Crippen LogP contribution in [-0.4, -0.2) is 28.6 Å². The highest BCUT2D eigenvalue weighted by atomic mass is 32.1. The summed E-state index contributed by atoms with van der Waals surface area (Å²) in [6, 6.07) is 5.24. The monoisotopic (exact) mass is 308 g/mol. The van der Waals surface area contributed by atoms with Crippen LogP contribution in [0.15, 0.2) is 24.3 Å². The molecule has 0 atom stereocenters. The number of hydrogen-bond acceptors (Lipinski definition) is 5. The maximum atomic E-state index is 13.0. The Bertz CT molecular complexity index is 659. The Balaban J connectivity index is 1.85. The molecule has 21 heavy (non-hydrogen) atoms. The average molecular weight is 308 g/mol. The normalized spacial score (nSPS) is 10.2. The lowest BCUT2D eigenvalue weighted by Crippen LogP contribution is -2.32. The molecule has 0 saturated carbocycles. The molecule has 1 aromatic carbocycles. The Labute approximate surface area is 124 Å². The topological polar surface area (TPSA) is 84.0 Å². The van der Waals surface area contributed by atoms with Gasteiger partial charge in [0.25, 0.3) is 5.91 Å². The third-order valence-electron chi connectivity index (χ3n) is 2.51. The fourth-order valence-corrected chi connectivity index (χ4v) is 2.20. The number of hydrogen-bond donors (Lipinski definition) is 2. The SMILES string of the molecule is CCc1nnc(NC(=O)CNC(=O)c2cccc(F)c2)s1. The largest absolute Gasteiger partial charge is 0.343 e. The van der Waals surface area contributed by atoms with Crippen molar-refractivity contribution in [2.24, 2.45) is 0 Å². The first-order valence-corrected chi connectivity index (χ1v) is 7.06. The van der Waals surface area contributed by atoms with Gasteiger partial charge in [-0.05, 0) is 24.6 Å². The van der Waals surface area contributed by atoms with Gasteiger partial charge in [-0.2, -0.15) is 0 Å². The highest BCUT2D eigenvalue weighted by Crippen LogP contribution is 2.14. The molecular formula is C13H13FN4O2S. The van der Waals surface area contributed by atoms with E-state index in [1.807, 2.05) is 6.92 Å². The van der Waals surface area contributed by atoms with Crippen LogP contribution in [0.1, 0.15) is 22.3 Å². The smallest absolute Gasteiger partial charge is 0.251 e. The van der Waals surface area contributed by atoms with E-state index in [2.05, 4.69) is 20.8 Å². The first kappa shape index (κ1) is 15.0.